The molecule has 0 spiro atoms. The molecule has 4 nitrogen and oxygen atoms in total. The van der Waals surface area contributed by atoms with E-state index in [4.69, 9.17) is 5.73 Å². The second kappa shape index (κ2) is 5.31. The maximum Gasteiger partial charge on any atom is 0.153 e. The molecule has 0 saturated carbocycles. The van der Waals surface area contributed by atoms with Gasteiger partial charge in [0.05, 0.1) is 5.92 Å². The van der Waals surface area contributed by atoms with Crippen molar-refractivity contribution in [3.8, 4) is 0 Å². The van der Waals surface area contributed by atoms with Gasteiger partial charge in [-0.15, -0.1) is 0 Å². The van der Waals surface area contributed by atoms with Crippen LogP contribution in [0.25, 0.3) is 0 Å². The van der Waals surface area contributed by atoms with E-state index in [2.05, 4.69) is 36.1 Å². The smallest absolute Gasteiger partial charge is 0.153 e. The summed E-state index contributed by atoms with van der Waals surface area (Å²) in [6.07, 6.45) is 0. The quantitative estimate of drug-likeness (QED) is 0.895. The molecule has 0 radical (unpaired) electrons. The van der Waals surface area contributed by atoms with Gasteiger partial charge in [0.1, 0.15) is 5.82 Å². The number of nitrogens with two attached hydrogens (primary N) is 1. The van der Waals surface area contributed by atoms with Crippen molar-refractivity contribution in [1.29, 1.82) is 0 Å². The van der Waals surface area contributed by atoms with Crippen LogP contribution < -0.4 is 5.73 Å². The number of aromatic nitrogens is 3. The molecular weight excluding hydrogens is 224 g/mol. The van der Waals surface area contributed by atoms with E-state index in [-0.39, 0.29) is 5.92 Å². The number of aryl methyl sites for hydroxylation is 1. The summed E-state index contributed by atoms with van der Waals surface area (Å²) < 4.78 is 1.85. The molecule has 2 rings (SSSR count). The van der Waals surface area contributed by atoms with Crippen LogP contribution in [0.4, 0.5) is 0 Å². The summed E-state index contributed by atoms with van der Waals surface area (Å²) >= 11 is 0. The maximum absolute atomic E-state index is 5.91. The highest BCUT2D eigenvalue weighted by Crippen LogP contribution is 2.23. The third-order valence-electron chi connectivity index (χ3n) is 3.08. The molecule has 0 aliphatic carbocycles. The van der Waals surface area contributed by atoms with Gasteiger partial charge >= 0.3 is 0 Å². The Balaban J connectivity index is 2.39. The summed E-state index contributed by atoms with van der Waals surface area (Å²) in [5.41, 5.74) is 7.10. The van der Waals surface area contributed by atoms with Crippen molar-refractivity contribution in [3.63, 3.8) is 0 Å². The molecule has 0 fully saturated rings. The number of benzene rings is 1. The van der Waals surface area contributed by atoms with Crippen LogP contribution >= 0.6 is 0 Å². The fourth-order valence-electron chi connectivity index (χ4n) is 2.04. The lowest BCUT2D eigenvalue weighted by Crippen LogP contribution is -2.18. The minimum absolute atomic E-state index is 0.108. The molecule has 0 aliphatic rings. The Labute approximate surface area is 108 Å². The van der Waals surface area contributed by atoms with E-state index >= 15 is 0 Å². The van der Waals surface area contributed by atoms with Gasteiger partial charge in [0.2, 0.25) is 0 Å². The average Bonchev–Trinajstić information content (AvgIpc) is 2.74. The Morgan fingerprint density at radius 2 is 1.89 bits per heavy atom. The predicted molar refractivity (Wildman–Crippen MR) is 72.4 cm³/mol. The third-order valence-corrected chi connectivity index (χ3v) is 3.08. The van der Waals surface area contributed by atoms with E-state index in [1.165, 1.54) is 5.56 Å². The van der Waals surface area contributed by atoms with Gasteiger partial charge in [-0.05, 0) is 5.56 Å². The van der Waals surface area contributed by atoms with Crippen LogP contribution in [0.2, 0.25) is 0 Å². The van der Waals surface area contributed by atoms with E-state index in [9.17, 15) is 0 Å². The van der Waals surface area contributed by atoms with Gasteiger partial charge in [0.25, 0.3) is 0 Å². The monoisotopic (exact) mass is 244 g/mol. The normalized spacial score (nSPS) is 12.9. The fourth-order valence-corrected chi connectivity index (χ4v) is 2.04. The van der Waals surface area contributed by atoms with Gasteiger partial charge in [0.15, 0.2) is 5.82 Å². The highest BCUT2D eigenvalue weighted by atomic mass is 15.3. The number of rotatable bonds is 4. The fraction of sp³-hybridized carbons (Fsp3) is 0.429. The van der Waals surface area contributed by atoms with Gasteiger partial charge in [-0.1, -0.05) is 44.2 Å². The average molecular weight is 244 g/mol. The summed E-state index contributed by atoms with van der Waals surface area (Å²) in [4.78, 5) is 4.63. The van der Waals surface area contributed by atoms with Gasteiger partial charge in [0, 0.05) is 19.5 Å². The molecule has 1 atom stereocenters. The first-order chi connectivity index (χ1) is 8.63. The zero-order valence-electron chi connectivity index (χ0n) is 11.2. The van der Waals surface area contributed by atoms with Crippen molar-refractivity contribution in [2.45, 2.75) is 25.7 Å². The molecule has 2 aromatic rings. The molecule has 0 saturated heterocycles. The molecule has 1 aromatic heterocycles. The molecule has 4 heteroatoms. The summed E-state index contributed by atoms with van der Waals surface area (Å²) in [6.45, 7) is 4.73. The van der Waals surface area contributed by atoms with Crippen LogP contribution in [0.1, 0.15) is 42.9 Å². The third kappa shape index (κ3) is 2.43. The molecule has 96 valence electrons. The first-order valence-electron chi connectivity index (χ1n) is 6.29. The Hall–Kier alpha value is -1.68. The van der Waals surface area contributed by atoms with Crippen molar-refractivity contribution in [2.75, 3.05) is 6.54 Å². The number of nitrogens with zero attached hydrogens (tertiary/aromatic N) is 3. The number of hydrogen-bond donors (Lipinski definition) is 1. The summed E-state index contributed by atoms with van der Waals surface area (Å²) in [6, 6.07) is 10.2. The Kier molecular flexibility index (Phi) is 3.77. The highest BCUT2D eigenvalue weighted by Gasteiger charge is 2.20. The molecule has 0 amide bonds. The van der Waals surface area contributed by atoms with Crippen molar-refractivity contribution < 1.29 is 0 Å². The summed E-state index contributed by atoms with van der Waals surface area (Å²) in [5.74, 6) is 2.25. The minimum atomic E-state index is 0.108. The van der Waals surface area contributed by atoms with Crippen LogP contribution in [0.3, 0.4) is 0 Å². The maximum atomic E-state index is 5.91. The SMILES string of the molecule is CC(C)c1nc(C(CN)c2ccccc2)n(C)n1. The number of hydrogen-bond acceptors (Lipinski definition) is 3. The molecule has 0 bridgehead atoms. The second-order valence-electron chi connectivity index (χ2n) is 4.81. The summed E-state index contributed by atoms with van der Waals surface area (Å²) in [7, 11) is 1.93. The molecular formula is C14H20N4. The Bertz CT molecular complexity index is 502. The first kappa shape index (κ1) is 12.8. The standard InChI is InChI=1S/C14H20N4/c1-10(2)13-16-14(18(3)17-13)12(9-15)11-7-5-4-6-8-11/h4-8,10,12H,9,15H2,1-3H3. The topological polar surface area (TPSA) is 56.7 Å². The van der Waals surface area contributed by atoms with Gasteiger partial charge < -0.3 is 5.73 Å². The molecule has 1 unspecified atom stereocenters. The van der Waals surface area contributed by atoms with Gasteiger partial charge in [-0.3, -0.25) is 4.68 Å². The molecule has 1 heterocycles. The lowest BCUT2D eigenvalue weighted by Gasteiger charge is -2.13. The first-order valence-corrected chi connectivity index (χ1v) is 6.29. The largest absolute Gasteiger partial charge is 0.329 e. The molecule has 2 N–H and O–H groups in total. The Morgan fingerprint density at radius 1 is 1.22 bits per heavy atom. The summed E-state index contributed by atoms with van der Waals surface area (Å²) in [5, 5.41) is 4.45. The van der Waals surface area contributed by atoms with Crippen LogP contribution in [0.5, 0.6) is 0 Å². The lowest BCUT2D eigenvalue weighted by molar-refractivity contribution is 0.644. The van der Waals surface area contributed by atoms with Crippen molar-refractivity contribution in [2.24, 2.45) is 12.8 Å². The van der Waals surface area contributed by atoms with Crippen LogP contribution in [-0.2, 0) is 7.05 Å². The van der Waals surface area contributed by atoms with Crippen molar-refractivity contribution >= 4 is 0 Å². The van der Waals surface area contributed by atoms with E-state index in [0.717, 1.165) is 11.6 Å². The van der Waals surface area contributed by atoms with Gasteiger partial charge in [-0.25, -0.2) is 4.98 Å². The molecule has 1 aromatic carbocycles. The van der Waals surface area contributed by atoms with Crippen LogP contribution in [0, 0.1) is 0 Å². The van der Waals surface area contributed by atoms with Crippen LogP contribution in [0.15, 0.2) is 30.3 Å². The Morgan fingerprint density at radius 3 is 2.39 bits per heavy atom. The zero-order valence-corrected chi connectivity index (χ0v) is 11.2. The van der Waals surface area contributed by atoms with Crippen molar-refractivity contribution in [3.05, 3.63) is 47.5 Å². The minimum Gasteiger partial charge on any atom is -0.329 e. The highest BCUT2D eigenvalue weighted by molar-refractivity contribution is 5.26. The van der Waals surface area contributed by atoms with E-state index in [1.807, 2.05) is 29.9 Å². The molecule has 18 heavy (non-hydrogen) atoms. The van der Waals surface area contributed by atoms with E-state index in [0.29, 0.717) is 12.5 Å². The van der Waals surface area contributed by atoms with E-state index < -0.39 is 0 Å². The zero-order chi connectivity index (χ0) is 13.1. The second-order valence-corrected chi connectivity index (χ2v) is 4.81. The predicted octanol–water partition coefficient (Wildman–Crippen LogP) is 2.03. The lowest BCUT2D eigenvalue weighted by atomic mass is 9.98. The molecule has 0 aliphatic heterocycles. The van der Waals surface area contributed by atoms with Gasteiger partial charge in [-0.2, -0.15) is 5.10 Å². The van der Waals surface area contributed by atoms with Crippen LogP contribution in [-0.4, -0.2) is 21.3 Å². The van der Waals surface area contributed by atoms with Crippen molar-refractivity contribution in [1.82, 2.24) is 14.8 Å². The van der Waals surface area contributed by atoms with E-state index in [1.54, 1.807) is 0 Å².